The second kappa shape index (κ2) is 12.2. The van der Waals surface area contributed by atoms with E-state index in [9.17, 15) is 0 Å². The predicted molar refractivity (Wildman–Crippen MR) is 238 cm³/mol. The maximum atomic E-state index is 6.54. The first-order valence-corrected chi connectivity index (χ1v) is 19.5. The molecule has 0 aliphatic heterocycles. The summed E-state index contributed by atoms with van der Waals surface area (Å²) in [4.78, 5) is 0. The monoisotopic (exact) mass is 708 g/mol. The first kappa shape index (κ1) is 33.4. The van der Waals surface area contributed by atoms with E-state index in [4.69, 9.17) is 4.42 Å². The van der Waals surface area contributed by atoms with E-state index < -0.39 is 0 Å². The molecule has 0 N–H and O–H groups in total. The van der Waals surface area contributed by atoms with Crippen LogP contribution in [0.2, 0.25) is 0 Å². The first-order chi connectivity index (χ1) is 26.6. The summed E-state index contributed by atoms with van der Waals surface area (Å²) in [6, 6.07) is 44.6. The minimum absolute atomic E-state index is 0.920. The third-order valence-corrected chi connectivity index (χ3v) is 13.3. The van der Waals surface area contributed by atoms with Gasteiger partial charge in [-0.15, -0.1) is 0 Å². The Balaban J connectivity index is 1.41. The van der Waals surface area contributed by atoms with Gasteiger partial charge in [0.15, 0.2) is 0 Å². The van der Waals surface area contributed by atoms with Gasteiger partial charge in [0.25, 0.3) is 0 Å². The summed E-state index contributed by atoms with van der Waals surface area (Å²) in [6.45, 7) is 18.6. The van der Waals surface area contributed by atoms with Gasteiger partial charge in [0.1, 0.15) is 11.2 Å². The van der Waals surface area contributed by atoms with Crippen molar-refractivity contribution in [1.29, 1.82) is 0 Å². The van der Waals surface area contributed by atoms with Crippen LogP contribution in [0.15, 0.2) is 126 Å². The highest BCUT2D eigenvalue weighted by Gasteiger charge is 2.27. The summed E-state index contributed by atoms with van der Waals surface area (Å²) < 4.78 is 6.54. The molecule has 0 aliphatic carbocycles. The van der Waals surface area contributed by atoms with Crippen molar-refractivity contribution in [2.24, 2.45) is 0 Å². The summed E-state index contributed by atoms with van der Waals surface area (Å²) in [5.41, 5.74) is 20.4. The Hall–Kier alpha value is -6.18. The molecule has 10 aromatic rings. The second-order valence-electron chi connectivity index (χ2n) is 15.8. The summed E-state index contributed by atoms with van der Waals surface area (Å²) in [7, 11) is 0. The number of hydrogen-bond acceptors (Lipinski definition) is 1. The molecule has 1 aromatic heterocycles. The predicted octanol–water partition coefficient (Wildman–Crippen LogP) is 15.7. The van der Waals surface area contributed by atoms with Crippen LogP contribution in [0.5, 0.6) is 0 Å². The molecular weight excluding hydrogens is 665 g/mol. The van der Waals surface area contributed by atoms with Gasteiger partial charge in [-0.2, -0.15) is 0 Å². The number of hydrogen-bond donors (Lipinski definition) is 0. The fraction of sp³-hybridized carbons (Fsp3) is 0.148. The molecule has 0 saturated heterocycles. The van der Waals surface area contributed by atoms with Crippen LogP contribution in [0.4, 0.5) is 0 Å². The molecule has 266 valence electrons. The van der Waals surface area contributed by atoms with Crippen molar-refractivity contribution in [2.75, 3.05) is 0 Å². The van der Waals surface area contributed by atoms with E-state index in [1.165, 1.54) is 121 Å². The molecule has 10 rings (SSSR count). The Kier molecular flexibility index (Phi) is 7.39. The highest BCUT2D eigenvalue weighted by molar-refractivity contribution is 6.28. The summed E-state index contributed by atoms with van der Waals surface area (Å²) in [5.74, 6) is 0. The Morgan fingerprint density at radius 2 is 0.782 bits per heavy atom. The molecule has 0 aliphatic rings. The van der Waals surface area contributed by atoms with Gasteiger partial charge in [-0.1, -0.05) is 97.1 Å². The fourth-order valence-electron chi connectivity index (χ4n) is 9.69. The van der Waals surface area contributed by atoms with Crippen molar-refractivity contribution in [3.8, 4) is 33.4 Å². The molecule has 0 saturated carbocycles. The smallest absolute Gasteiger partial charge is 0.136 e. The molecule has 55 heavy (non-hydrogen) atoms. The highest BCUT2D eigenvalue weighted by atomic mass is 16.3. The summed E-state index contributed by atoms with van der Waals surface area (Å²) in [6.07, 6.45) is 0. The van der Waals surface area contributed by atoms with E-state index in [-0.39, 0.29) is 0 Å². The number of aryl methyl sites for hydroxylation is 4. The topological polar surface area (TPSA) is 13.1 Å². The van der Waals surface area contributed by atoms with E-state index in [1.807, 2.05) is 0 Å². The van der Waals surface area contributed by atoms with E-state index in [0.717, 1.165) is 21.9 Å². The second-order valence-corrected chi connectivity index (χ2v) is 15.8. The van der Waals surface area contributed by atoms with Gasteiger partial charge in [0.2, 0.25) is 0 Å². The van der Waals surface area contributed by atoms with Crippen molar-refractivity contribution in [1.82, 2.24) is 0 Å². The number of furan rings is 1. The molecule has 0 spiro atoms. The lowest BCUT2D eigenvalue weighted by Gasteiger charge is -2.27. The van der Waals surface area contributed by atoms with Crippen LogP contribution in [0.3, 0.4) is 0 Å². The van der Waals surface area contributed by atoms with E-state index in [0.29, 0.717) is 0 Å². The summed E-state index contributed by atoms with van der Waals surface area (Å²) in [5, 5.41) is 12.7. The fourth-order valence-corrected chi connectivity index (χ4v) is 9.69. The molecule has 0 radical (unpaired) electrons. The van der Waals surface area contributed by atoms with Crippen molar-refractivity contribution in [2.45, 2.75) is 55.4 Å². The third kappa shape index (κ3) is 4.72. The zero-order valence-corrected chi connectivity index (χ0v) is 33.0. The number of benzene rings is 9. The van der Waals surface area contributed by atoms with Gasteiger partial charge in [-0.25, -0.2) is 0 Å². The highest BCUT2D eigenvalue weighted by Crippen LogP contribution is 2.52. The van der Waals surface area contributed by atoms with Gasteiger partial charge in [0, 0.05) is 10.8 Å². The van der Waals surface area contributed by atoms with E-state index in [2.05, 4.69) is 177 Å². The average molecular weight is 709 g/mol. The summed E-state index contributed by atoms with van der Waals surface area (Å²) >= 11 is 0. The van der Waals surface area contributed by atoms with Crippen LogP contribution in [0, 0.1) is 55.4 Å². The molecule has 1 nitrogen and oxygen atoms in total. The SMILES string of the molecule is Cc1c(C)c(C)c2c(-c3ccc(-c4ccccc4)c4ccccc34)c3c(C)c(C)c(C)c(C)c3c(-c3ccc4oc5cc6ccccc6cc5c4c3)c2c1C. The van der Waals surface area contributed by atoms with Crippen LogP contribution in [-0.2, 0) is 0 Å². The van der Waals surface area contributed by atoms with Gasteiger partial charge in [-0.05, 0) is 201 Å². The van der Waals surface area contributed by atoms with Crippen molar-refractivity contribution in [3.05, 3.63) is 166 Å². The Morgan fingerprint density at radius 1 is 0.309 bits per heavy atom. The van der Waals surface area contributed by atoms with E-state index >= 15 is 0 Å². The average Bonchev–Trinajstić information content (AvgIpc) is 3.57. The number of fused-ring (bicyclic) bond motifs is 7. The van der Waals surface area contributed by atoms with E-state index in [1.54, 1.807) is 0 Å². The van der Waals surface area contributed by atoms with Gasteiger partial charge in [-0.3, -0.25) is 0 Å². The standard InChI is InChI=1S/C54H44O/c1-29-31(3)35(7)51-49(33(29)5)53(40-22-25-47-45(27-40)46-26-38-18-12-13-19-39(38)28-48(46)55-47)50-34(6)30(2)32(4)36(8)52(50)54(51)44-24-23-41(37-16-10-9-11-17-37)42-20-14-15-21-43(42)44/h9-28H,1-8H3. The minimum Gasteiger partial charge on any atom is -0.456 e. The maximum absolute atomic E-state index is 6.54. The van der Waals surface area contributed by atoms with Crippen LogP contribution in [0.1, 0.15) is 44.5 Å². The molecule has 0 bridgehead atoms. The van der Waals surface area contributed by atoms with Crippen LogP contribution >= 0.6 is 0 Å². The van der Waals surface area contributed by atoms with Gasteiger partial charge >= 0.3 is 0 Å². The lowest BCUT2D eigenvalue weighted by molar-refractivity contribution is 0.669. The molecular formula is C54H44O. The molecule has 0 atom stereocenters. The third-order valence-electron chi connectivity index (χ3n) is 13.3. The van der Waals surface area contributed by atoms with Crippen LogP contribution in [0.25, 0.3) is 98.4 Å². The van der Waals surface area contributed by atoms with Crippen LogP contribution < -0.4 is 0 Å². The van der Waals surface area contributed by atoms with Gasteiger partial charge < -0.3 is 4.42 Å². The minimum atomic E-state index is 0.920. The lowest BCUT2D eigenvalue weighted by Crippen LogP contribution is -2.04. The normalized spacial score (nSPS) is 12.0. The molecule has 1 heterocycles. The first-order valence-electron chi connectivity index (χ1n) is 19.5. The molecule has 0 amide bonds. The largest absolute Gasteiger partial charge is 0.456 e. The Morgan fingerprint density at radius 3 is 1.38 bits per heavy atom. The zero-order chi connectivity index (χ0) is 37.9. The van der Waals surface area contributed by atoms with Crippen molar-refractivity contribution < 1.29 is 4.42 Å². The molecule has 1 heteroatoms. The zero-order valence-electron chi connectivity index (χ0n) is 33.0. The Labute approximate surface area is 322 Å². The number of rotatable bonds is 3. The lowest BCUT2D eigenvalue weighted by atomic mass is 9.76. The van der Waals surface area contributed by atoms with Crippen molar-refractivity contribution in [3.63, 3.8) is 0 Å². The maximum Gasteiger partial charge on any atom is 0.136 e. The quantitative estimate of drug-likeness (QED) is 0.167. The molecule has 0 fully saturated rings. The van der Waals surface area contributed by atoms with Crippen LogP contribution in [-0.4, -0.2) is 0 Å². The molecule has 0 unspecified atom stereocenters. The van der Waals surface area contributed by atoms with Gasteiger partial charge in [0.05, 0.1) is 0 Å². The molecule has 9 aromatic carbocycles. The Bertz CT molecular complexity index is 3180. The van der Waals surface area contributed by atoms with Crippen molar-refractivity contribution >= 4 is 65.0 Å².